The van der Waals surface area contributed by atoms with Gasteiger partial charge in [-0.25, -0.2) is 13.2 Å². The first kappa shape index (κ1) is 36.0. The van der Waals surface area contributed by atoms with Crippen molar-refractivity contribution in [1.29, 1.82) is 0 Å². The zero-order chi connectivity index (χ0) is 33.9. The number of carboxylic acid groups (broad SMARTS) is 1. The summed E-state index contributed by atoms with van der Waals surface area (Å²) in [4.78, 5) is 23.9. The fraction of sp³-hybridized carbons (Fsp3) is 0.533. The van der Waals surface area contributed by atoms with E-state index in [1.165, 1.54) is 66.3 Å². The molecule has 2 saturated heterocycles. The Balaban J connectivity index is 0.000000617. The van der Waals surface area contributed by atoms with Gasteiger partial charge in [-0.2, -0.15) is 26.7 Å². The van der Waals surface area contributed by atoms with E-state index in [1.807, 2.05) is 0 Å². The van der Waals surface area contributed by atoms with Gasteiger partial charge in [0.05, 0.1) is 11.5 Å². The molecule has 254 valence electrons. The van der Waals surface area contributed by atoms with Crippen LogP contribution in [-0.4, -0.2) is 67.3 Å². The Labute approximate surface area is 271 Å². The highest BCUT2D eigenvalue weighted by Gasteiger charge is 2.53. The van der Waals surface area contributed by atoms with Gasteiger partial charge >= 0.3 is 12.1 Å². The number of halogens is 6. The molecule has 5 rings (SSSR count). The second kappa shape index (κ2) is 14.5. The van der Waals surface area contributed by atoms with E-state index in [4.69, 9.17) is 20.4 Å². The lowest BCUT2D eigenvalue weighted by atomic mass is 9.95. The zero-order valence-corrected chi connectivity index (χ0v) is 27.0. The zero-order valence-electron chi connectivity index (χ0n) is 24.6. The number of carbonyl (C=O) groups excluding carboxylic acids is 1. The smallest absolute Gasteiger partial charge is 0.490 e. The van der Waals surface area contributed by atoms with Gasteiger partial charge in [-0.3, -0.25) is 4.79 Å². The van der Waals surface area contributed by atoms with Crippen LogP contribution < -0.4 is 15.2 Å². The normalized spacial score (nSPS) is 22.6. The minimum absolute atomic E-state index is 0.108. The van der Waals surface area contributed by atoms with Crippen molar-refractivity contribution < 1.29 is 49.8 Å². The lowest BCUT2D eigenvalue weighted by Crippen LogP contribution is -2.60. The molecule has 2 unspecified atom stereocenters. The van der Waals surface area contributed by atoms with Crippen LogP contribution in [0, 0.1) is 5.92 Å². The quantitative estimate of drug-likeness (QED) is 0.286. The van der Waals surface area contributed by atoms with E-state index in [2.05, 4.69) is 20.7 Å². The number of piperidine rings is 1. The van der Waals surface area contributed by atoms with Crippen molar-refractivity contribution in [1.82, 2.24) is 9.62 Å². The lowest BCUT2D eigenvalue weighted by Gasteiger charge is -2.41. The Morgan fingerprint density at radius 2 is 1.48 bits per heavy atom. The number of aliphatic carboxylic acids is 1. The van der Waals surface area contributed by atoms with Crippen LogP contribution >= 0.6 is 15.9 Å². The fourth-order valence-corrected chi connectivity index (χ4v) is 7.63. The average Bonchev–Trinajstić information content (AvgIpc) is 3.60. The van der Waals surface area contributed by atoms with Crippen LogP contribution in [0.5, 0.6) is 5.75 Å². The summed E-state index contributed by atoms with van der Waals surface area (Å²) in [5, 5.41) is 7.12. The van der Waals surface area contributed by atoms with E-state index in [-0.39, 0.29) is 23.0 Å². The maximum Gasteiger partial charge on any atom is 0.490 e. The molecule has 3 atom stereocenters. The summed E-state index contributed by atoms with van der Waals surface area (Å²) in [5.74, 6) is -6.50. The molecule has 2 aromatic carbocycles. The van der Waals surface area contributed by atoms with E-state index < -0.39 is 45.6 Å². The van der Waals surface area contributed by atoms with E-state index in [1.54, 1.807) is 0 Å². The molecular formula is C30H35BrF5N3O6S. The number of hydrogen-bond acceptors (Lipinski definition) is 6. The first-order valence-electron chi connectivity index (χ1n) is 14.8. The Bertz CT molecular complexity index is 1460. The van der Waals surface area contributed by atoms with E-state index in [0.717, 1.165) is 12.8 Å². The standard InChI is InChI=1S/C28H34BrF2N3O4S.C2HF3O2/c29-20-7-5-19(6-8-20)28(30,31)26(27(35)34-22-9-10-23(34)16-21(32)15-22)33-39(36,37)25-13-11-24(12-14-25)38-17-18-3-1-2-4-18;3-2(4,5)1(6)7/h5-8,11-14,18,21-23,26,33H,1-4,9-10,15-17,32H2;(H,6,7)/t21?,22?,23?,26-;/m1./s1. The third-order valence-corrected chi connectivity index (χ3v) is 10.4. The molecule has 2 heterocycles. The molecule has 4 N–H and O–H groups in total. The highest BCUT2D eigenvalue weighted by atomic mass is 79.9. The monoisotopic (exact) mass is 739 g/mol. The molecule has 0 spiro atoms. The number of nitrogens with zero attached hydrogens (tertiary/aromatic N) is 1. The predicted molar refractivity (Wildman–Crippen MR) is 161 cm³/mol. The van der Waals surface area contributed by atoms with E-state index in [9.17, 15) is 26.4 Å². The number of nitrogens with one attached hydrogen (secondary N) is 1. The second-order valence-electron chi connectivity index (χ2n) is 11.8. The molecule has 9 nitrogen and oxygen atoms in total. The summed E-state index contributed by atoms with van der Waals surface area (Å²) in [7, 11) is -4.48. The van der Waals surface area contributed by atoms with E-state index in [0.29, 0.717) is 48.4 Å². The Hall–Kier alpha value is -2.82. The predicted octanol–water partition coefficient (Wildman–Crippen LogP) is 5.57. The number of amides is 1. The SMILES string of the molecule is NC1CC2CCC(C1)N2C(=O)[C@@H](NS(=O)(=O)c1ccc(OCC2CCCC2)cc1)C(F)(F)c1ccc(Br)cc1.O=C(O)C(F)(F)F. The summed E-state index contributed by atoms with van der Waals surface area (Å²) >= 11 is 3.23. The molecule has 1 aliphatic carbocycles. The average molecular weight is 741 g/mol. The number of ether oxygens (including phenoxy) is 1. The number of carboxylic acids is 1. The van der Waals surface area contributed by atoms with Crippen LogP contribution in [0.1, 0.15) is 56.9 Å². The molecule has 46 heavy (non-hydrogen) atoms. The number of carbonyl (C=O) groups is 2. The summed E-state index contributed by atoms with van der Waals surface area (Å²) in [6, 6.07) is 7.92. The summed E-state index contributed by atoms with van der Waals surface area (Å²) in [5.41, 5.74) is 5.66. The third-order valence-electron chi connectivity index (χ3n) is 8.47. The molecule has 0 radical (unpaired) electrons. The number of sulfonamides is 1. The fourth-order valence-electron chi connectivity index (χ4n) is 6.18. The van der Waals surface area contributed by atoms with Gasteiger partial charge in [0.2, 0.25) is 15.9 Å². The number of alkyl halides is 5. The molecule has 2 aromatic rings. The van der Waals surface area contributed by atoms with Crippen LogP contribution in [0.4, 0.5) is 22.0 Å². The summed E-state index contributed by atoms with van der Waals surface area (Å²) in [6.45, 7) is 0.558. The van der Waals surface area contributed by atoms with E-state index >= 15 is 8.78 Å². The van der Waals surface area contributed by atoms with Crippen LogP contribution in [0.3, 0.4) is 0 Å². The molecule has 16 heteroatoms. The van der Waals surface area contributed by atoms with Crippen molar-refractivity contribution in [2.75, 3.05) is 6.61 Å². The Morgan fingerprint density at radius 1 is 0.957 bits per heavy atom. The molecular weight excluding hydrogens is 705 g/mol. The van der Waals surface area contributed by atoms with Crippen LogP contribution in [-0.2, 0) is 25.5 Å². The van der Waals surface area contributed by atoms with Crippen molar-refractivity contribution in [3.05, 3.63) is 58.6 Å². The van der Waals surface area contributed by atoms with Gasteiger partial charge in [0.25, 0.3) is 5.92 Å². The van der Waals surface area contributed by atoms with Gasteiger partial charge in [-0.15, -0.1) is 0 Å². The highest BCUT2D eigenvalue weighted by molar-refractivity contribution is 9.10. The number of nitrogens with two attached hydrogens (primary N) is 1. The molecule has 2 aliphatic heterocycles. The van der Waals surface area contributed by atoms with Gasteiger partial charge in [-0.1, -0.05) is 40.9 Å². The van der Waals surface area contributed by atoms with Crippen molar-refractivity contribution in [3.8, 4) is 5.75 Å². The van der Waals surface area contributed by atoms with Crippen LogP contribution in [0.2, 0.25) is 0 Å². The molecule has 3 fully saturated rings. The van der Waals surface area contributed by atoms with Crippen molar-refractivity contribution >= 4 is 37.8 Å². The molecule has 2 bridgehead atoms. The van der Waals surface area contributed by atoms with Crippen molar-refractivity contribution in [2.45, 2.75) is 92.5 Å². The first-order valence-corrected chi connectivity index (χ1v) is 17.0. The topological polar surface area (TPSA) is 139 Å². The number of fused-ring (bicyclic) bond motifs is 2. The van der Waals surface area contributed by atoms with Crippen molar-refractivity contribution in [3.63, 3.8) is 0 Å². The second-order valence-corrected chi connectivity index (χ2v) is 14.4. The summed E-state index contributed by atoms with van der Waals surface area (Å²) in [6.07, 6.45) is 1.86. The van der Waals surface area contributed by atoms with Gasteiger partial charge < -0.3 is 20.5 Å². The molecule has 1 saturated carbocycles. The molecule has 3 aliphatic rings. The van der Waals surface area contributed by atoms with Crippen LogP contribution in [0.25, 0.3) is 0 Å². The van der Waals surface area contributed by atoms with Crippen molar-refractivity contribution in [2.24, 2.45) is 11.7 Å². The Morgan fingerprint density at radius 3 is 1.98 bits per heavy atom. The van der Waals surface area contributed by atoms with Gasteiger partial charge in [-0.05, 0) is 80.8 Å². The maximum absolute atomic E-state index is 16.0. The number of benzene rings is 2. The summed E-state index contributed by atoms with van der Waals surface area (Å²) < 4.78 is 99.1. The first-order chi connectivity index (χ1) is 21.5. The lowest BCUT2D eigenvalue weighted by molar-refractivity contribution is -0.192. The Kier molecular flexibility index (Phi) is 11.4. The number of rotatable bonds is 9. The number of hydrogen-bond donors (Lipinski definition) is 3. The minimum atomic E-state index is -5.08. The van der Waals surface area contributed by atoms with Gasteiger partial charge in [0, 0.05) is 28.2 Å². The van der Waals surface area contributed by atoms with Gasteiger partial charge in [0.1, 0.15) is 5.75 Å². The highest BCUT2D eigenvalue weighted by Crippen LogP contribution is 2.40. The largest absolute Gasteiger partial charge is 0.493 e. The minimum Gasteiger partial charge on any atom is -0.493 e. The van der Waals surface area contributed by atoms with Gasteiger partial charge in [0.15, 0.2) is 6.04 Å². The van der Waals surface area contributed by atoms with Crippen LogP contribution in [0.15, 0.2) is 57.9 Å². The maximum atomic E-state index is 16.0. The molecule has 1 amide bonds. The third kappa shape index (κ3) is 8.75. The molecule has 0 aromatic heterocycles.